The second-order valence-electron chi connectivity index (χ2n) is 4.96. The van der Waals surface area contributed by atoms with Gasteiger partial charge >= 0.3 is 10.1 Å². The first-order valence-electron chi connectivity index (χ1n) is 6.29. The highest BCUT2D eigenvalue weighted by Crippen LogP contribution is 2.37. The predicted molar refractivity (Wildman–Crippen MR) is 81.3 cm³/mol. The first-order valence-corrected chi connectivity index (χ1v) is 8.17. The SMILES string of the molecule is CN1C(C=O)N(c2cc([N+](=O)[O-])c(Cl)cc2F)C(S(=O)(=O)O)N1C. The topological polar surface area (TPSA) is 124 Å². The second kappa shape index (κ2) is 6.22. The fourth-order valence-electron chi connectivity index (χ4n) is 2.45. The molecule has 0 bridgehead atoms. The van der Waals surface area contributed by atoms with Crippen molar-refractivity contribution in [2.45, 2.75) is 11.7 Å². The van der Waals surface area contributed by atoms with E-state index in [1.54, 1.807) is 0 Å². The average molecular weight is 383 g/mol. The Bertz CT molecular complexity index is 806. The standard InChI is InChI=1S/C11H12ClFN4O6S/c1-14-10(5-18)16(11(15(14)2)24(21,22)23)9-4-8(17(19)20)6(12)3-7(9)13/h3-5,10-11H,1-2H3,(H,21,22,23). The summed E-state index contributed by atoms with van der Waals surface area (Å²) in [5, 5.41) is 12.6. The molecule has 0 amide bonds. The number of nitro benzene ring substituents is 1. The number of hydrogen-bond donors (Lipinski definition) is 1. The van der Waals surface area contributed by atoms with Crippen molar-refractivity contribution in [1.82, 2.24) is 10.0 Å². The fraction of sp³-hybridized carbons (Fsp3) is 0.364. The molecule has 0 radical (unpaired) electrons. The van der Waals surface area contributed by atoms with Gasteiger partial charge in [-0.05, 0) is 0 Å². The molecule has 2 unspecified atom stereocenters. The Labute approximate surface area is 140 Å². The molecule has 1 saturated heterocycles. The van der Waals surface area contributed by atoms with Gasteiger partial charge in [0.25, 0.3) is 5.69 Å². The summed E-state index contributed by atoms with van der Waals surface area (Å²) in [6, 6.07) is 1.34. The van der Waals surface area contributed by atoms with Crippen LogP contribution in [0.2, 0.25) is 5.02 Å². The number of benzene rings is 1. The summed E-state index contributed by atoms with van der Waals surface area (Å²) in [5.74, 6) is -1.09. The van der Waals surface area contributed by atoms with E-state index in [4.69, 9.17) is 11.6 Å². The van der Waals surface area contributed by atoms with Gasteiger partial charge in [-0.25, -0.2) is 14.4 Å². The number of hydrogen-bond acceptors (Lipinski definition) is 8. The lowest BCUT2D eigenvalue weighted by Crippen LogP contribution is -2.46. The maximum atomic E-state index is 14.3. The van der Waals surface area contributed by atoms with Gasteiger partial charge in [0.1, 0.15) is 10.8 Å². The summed E-state index contributed by atoms with van der Waals surface area (Å²) in [6.45, 7) is 0. The van der Waals surface area contributed by atoms with Crippen LogP contribution in [0.15, 0.2) is 12.1 Å². The van der Waals surface area contributed by atoms with Gasteiger partial charge in [0.2, 0.25) is 5.50 Å². The van der Waals surface area contributed by atoms with E-state index in [1.165, 1.54) is 14.1 Å². The number of halogens is 2. The summed E-state index contributed by atoms with van der Waals surface area (Å²) in [5.41, 5.74) is -3.10. The lowest BCUT2D eigenvalue weighted by molar-refractivity contribution is -0.384. The van der Waals surface area contributed by atoms with Gasteiger partial charge in [-0.15, -0.1) is 0 Å². The monoisotopic (exact) mass is 382 g/mol. The zero-order valence-corrected chi connectivity index (χ0v) is 13.9. The van der Waals surface area contributed by atoms with E-state index >= 15 is 0 Å². The number of rotatable bonds is 4. The van der Waals surface area contributed by atoms with Crippen molar-refractivity contribution in [1.29, 1.82) is 0 Å². The Morgan fingerprint density at radius 1 is 1.38 bits per heavy atom. The van der Waals surface area contributed by atoms with Crippen molar-refractivity contribution in [2.24, 2.45) is 0 Å². The molecule has 1 N–H and O–H groups in total. The number of likely N-dealkylation sites (N-methyl/N-ethyl adjacent to an activating group) is 1. The summed E-state index contributed by atoms with van der Waals surface area (Å²) in [6.07, 6.45) is -1.01. The first kappa shape index (κ1) is 18.5. The molecular formula is C11H12ClFN4O6S. The summed E-state index contributed by atoms with van der Waals surface area (Å²) >= 11 is 5.60. The van der Waals surface area contributed by atoms with Crippen molar-refractivity contribution >= 4 is 39.4 Å². The maximum absolute atomic E-state index is 14.3. The number of nitrogens with zero attached hydrogens (tertiary/aromatic N) is 4. The molecule has 0 saturated carbocycles. The zero-order chi connectivity index (χ0) is 18.4. The van der Waals surface area contributed by atoms with E-state index in [1.807, 2.05) is 0 Å². The van der Waals surface area contributed by atoms with Gasteiger partial charge in [0.05, 0.1) is 10.6 Å². The number of carbonyl (C=O) groups excluding carboxylic acids is 1. The number of anilines is 1. The third-order valence-corrected chi connectivity index (χ3v) is 4.97. The molecule has 13 heteroatoms. The quantitative estimate of drug-likeness (QED) is 0.346. The minimum absolute atomic E-state index is 0.307. The van der Waals surface area contributed by atoms with E-state index in [9.17, 15) is 32.3 Å². The highest BCUT2D eigenvalue weighted by Gasteiger charge is 2.49. The third-order valence-electron chi connectivity index (χ3n) is 3.60. The van der Waals surface area contributed by atoms with Crippen molar-refractivity contribution in [3.05, 3.63) is 33.1 Å². The van der Waals surface area contributed by atoms with Crippen LogP contribution in [0.1, 0.15) is 0 Å². The third kappa shape index (κ3) is 2.93. The normalized spacial score (nSPS) is 22.8. The highest BCUT2D eigenvalue weighted by molar-refractivity contribution is 7.86. The van der Waals surface area contributed by atoms with E-state index < -0.39 is 48.9 Å². The first-order chi connectivity index (χ1) is 11.0. The number of aldehydes is 1. The second-order valence-corrected chi connectivity index (χ2v) is 6.82. The van der Waals surface area contributed by atoms with Gasteiger partial charge in [-0.2, -0.15) is 8.42 Å². The van der Waals surface area contributed by atoms with Crippen LogP contribution in [0.4, 0.5) is 15.8 Å². The number of hydrazine groups is 1. The van der Waals surface area contributed by atoms with Crippen LogP contribution < -0.4 is 4.90 Å². The number of carbonyl (C=O) groups is 1. The molecule has 1 aromatic rings. The lowest BCUT2D eigenvalue weighted by Gasteiger charge is -2.27. The van der Waals surface area contributed by atoms with Gasteiger partial charge in [-0.3, -0.25) is 19.5 Å². The molecule has 1 aliphatic rings. The van der Waals surface area contributed by atoms with Crippen molar-refractivity contribution in [2.75, 3.05) is 19.0 Å². The molecule has 1 aromatic carbocycles. The van der Waals surface area contributed by atoms with Crippen LogP contribution in [0.25, 0.3) is 0 Å². The zero-order valence-electron chi connectivity index (χ0n) is 12.3. The largest absolute Gasteiger partial charge is 0.313 e. The molecule has 0 aromatic heterocycles. The van der Waals surface area contributed by atoms with Gasteiger partial charge in [0.15, 0.2) is 12.5 Å². The molecular weight excluding hydrogens is 371 g/mol. The molecule has 24 heavy (non-hydrogen) atoms. The highest BCUT2D eigenvalue weighted by atomic mass is 35.5. The Morgan fingerprint density at radius 2 is 1.96 bits per heavy atom. The molecule has 2 atom stereocenters. The summed E-state index contributed by atoms with van der Waals surface area (Å²) in [4.78, 5) is 22.2. The molecule has 1 fully saturated rings. The van der Waals surface area contributed by atoms with Crippen LogP contribution in [0, 0.1) is 15.9 Å². The molecule has 1 aliphatic heterocycles. The van der Waals surface area contributed by atoms with Gasteiger partial charge in [-0.1, -0.05) is 11.6 Å². The summed E-state index contributed by atoms with van der Waals surface area (Å²) < 4.78 is 47.1. The number of nitro groups is 1. The van der Waals surface area contributed by atoms with Crippen LogP contribution in [0.5, 0.6) is 0 Å². The summed E-state index contributed by atoms with van der Waals surface area (Å²) in [7, 11) is -2.22. The van der Waals surface area contributed by atoms with Crippen LogP contribution in [-0.4, -0.2) is 60.0 Å². The molecule has 2 rings (SSSR count). The fourth-order valence-corrected chi connectivity index (χ4v) is 3.73. The molecule has 0 aliphatic carbocycles. The van der Waals surface area contributed by atoms with Crippen molar-refractivity contribution in [3.63, 3.8) is 0 Å². The molecule has 1 heterocycles. The van der Waals surface area contributed by atoms with Gasteiger partial charge in [0, 0.05) is 26.2 Å². The Balaban J connectivity index is 2.73. The smallest absolute Gasteiger partial charge is 0.302 e. The Kier molecular flexibility index (Phi) is 4.79. The average Bonchev–Trinajstić information content (AvgIpc) is 2.70. The van der Waals surface area contributed by atoms with Crippen molar-refractivity contribution in [3.8, 4) is 0 Å². The molecule has 10 nitrogen and oxygen atoms in total. The van der Waals surface area contributed by atoms with E-state index in [2.05, 4.69) is 0 Å². The van der Waals surface area contributed by atoms with Crippen LogP contribution in [0.3, 0.4) is 0 Å². The minimum atomic E-state index is -4.80. The lowest BCUT2D eigenvalue weighted by atomic mass is 10.2. The Morgan fingerprint density at radius 3 is 2.42 bits per heavy atom. The predicted octanol–water partition coefficient (Wildman–Crippen LogP) is 0.682. The van der Waals surface area contributed by atoms with Crippen molar-refractivity contribution < 1.29 is 27.1 Å². The van der Waals surface area contributed by atoms with E-state index in [-0.39, 0.29) is 0 Å². The van der Waals surface area contributed by atoms with Crippen LogP contribution in [-0.2, 0) is 14.9 Å². The van der Waals surface area contributed by atoms with E-state index in [0.717, 1.165) is 10.0 Å². The van der Waals surface area contributed by atoms with Crippen LogP contribution >= 0.6 is 11.6 Å². The maximum Gasteiger partial charge on any atom is 0.302 e. The van der Waals surface area contributed by atoms with E-state index in [0.29, 0.717) is 23.3 Å². The Hall–Kier alpha value is -1.86. The molecule has 0 spiro atoms. The minimum Gasteiger partial charge on any atom is -0.313 e. The molecule has 132 valence electrons. The van der Waals surface area contributed by atoms with Gasteiger partial charge < -0.3 is 4.90 Å².